The predicted molar refractivity (Wildman–Crippen MR) is 50.6 cm³/mol. The molecule has 0 radical (unpaired) electrons. The van der Waals surface area contributed by atoms with Gasteiger partial charge in [-0.3, -0.25) is 0 Å². The van der Waals surface area contributed by atoms with Gasteiger partial charge < -0.3 is 5.32 Å². The summed E-state index contributed by atoms with van der Waals surface area (Å²) >= 11 is 0. The van der Waals surface area contributed by atoms with Crippen LogP contribution in [0.3, 0.4) is 0 Å². The molecule has 0 bridgehead atoms. The van der Waals surface area contributed by atoms with E-state index < -0.39 is 0 Å². The average Bonchev–Trinajstić information content (AvgIpc) is 1.90. The molecule has 0 fully saturated rings. The first-order valence-electron chi connectivity index (χ1n) is 2.69. The molecule has 50 valence electrons. The Balaban J connectivity index is 0.000000640. The Morgan fingerprint density at radius 1 is 1.44 bits per heavy atom. The van der Waals surface area contributed by atoms with E-state index in [1.54, 1.807) is 0 Å². The van der Waals surface area contributed by atoms with Crippen molar-refractivity contribution in [1.82, 2.24) is 5.32 Å². The summed E-state index contributed by atoms with van der Waals surface area (Å²) in [6.45, 7) is 2.01. The van der Waals surface area contributed by atoms with Gasteiger partial charge >= 0.3 is 0 Å². The highest BCUT2D eigenvalue weighted by Gasteiger charge is 1.85. The Kier molecular flexibility index (Phi) is 4.48. The first-order valence-corrected chi connectivity index (χ1v) is 2.69. The molecule has 1 heterocycles. The average molecular weight is 235 g/mol. The number of hydrogen-bond donors (Lipinski definition) is 1. The maximum atomic E-state index is 3.06. The molecule has 0 atom stereocenters. The Labute approximate surface area is 72.5 Å². The van der Waals surface area contributed by atoms with Gasteiger partial charge in [0.1, 0.15) is 0 Å². The van der Waals surface area contributed by atoms with Crippen molar-refractivity contribution in [2.75, 3.05) is 0 Å². The molecule has 1 nitrogen and oxygen atoms in total. The zero-order chi connectivity index (χ0) is 5.82. The van der Waals surface area contributed by atoms with Crippen LogP contribution in [0, 0.1) is 0 Å². The van der Waals surface area contributed by atoms with E-state index in [2.05, 4.69) is 5.32 Å². The largest absolute Gasteiger partial charge is 0.362 e. The zero-order valence-corrected chi connectivity index (χ0v) is 7.63. The topological polar surface area (TPSA) is 12.0 Å². The van der Waals surface area contributed by atoms with Gasteiger partial charge in [0, 0.05) is 11.9 Å². The van der Waals surface area contributed by atoms with E-state index in [0.717, 1.165) is 5.70 Å². The summed E-state index contributed by atoms with van der Waals surface area (Å²) < 4.78 is 0. The van der Waals surface area contributed by atoms with Crippen LogP contribution in [-0.2, 0) is 0 Å². The molecule has 1 rings (SSSR count). The van der Waals surface area contributed by atoms with E-state index >= 15 is 0 Å². The lowest BCUT2D eigenvalue weighted by Gasteiger charge is -2.01. The van der Waals surface area contributed by atoms with Crippen LogP contribution in [0.1, 0.15) is 6.92 Å². The van der Waals surface area contributed by atoms with Crippen LogP contribution in [0.4, 0.5) is 0 Å². The molecular weight excluding hydrogens is 225 g/mol. The van der Waals surface area contributed by atoms with Crippen LogP contribution < -0.4 is 5.32 Å². The van der Waals surface area contributed by atoms with Crippen molar-refractivity contribution in [3.63, 3.8) is 0 Å². The summed E-state index contributed by atoms with van der Waals surface area (Å²) in [5, 5.41) is 3.06. The lowest BCUT2D eigenvalue weighted by molar-refractivity contribution is 1.09. The molecule has 0 saturated carbocycles. The van der Waals surface area contributed by atoms with E-state index in [1.165, 1.54) is 0 Å². The Morgan fingerprint density at radius 3 is 2.56 bits per heavy atom. The third-order valence-electron chi connectivity index (χ3n) is 1.04. The van der Waals surface area contributed by atoms with Gasteiger partial charge in [0.05, 0.1) is 0 Å². The molecule has 0 spiro atoms. The number of hydrogen-bond acceptors (Lipinski definition) is 1. The summed E-state index contributed by atoms with van der Waals surface area (Å²) in [5.41, 5.74) is 1.16. The van der Waals surface area contributed by atoms with Crippen LogP contribution in [0.15, 0.2) is 36.2 Å². The first kappa shape index (κ1) is 8.75. The first-order chi connectivity index (χ1) is 3.93. The SMILES string of the molecule is CC=C1C=CC=CN1.I. The number of halogens is 1. The molecule has 9 heavy (non-hydrogen) atoms. The molecule has 0 amide bonds. The van der Waals surface area contributed by atoms with Crippen LogP contribution in [-0.4, -0.2) is 0 Å². The third-order valence-corrected chi connectivity index (χ3v) is 1.04. The van der Waals surface area contributed by atoms with Crippen LogP contribution in [0.2, 0.25) is 0 Å². The number of nitrogens with one attached hydrogen (secondary N) is 1. The minimum atomic E-state index is 0. The maximum Gasteiger partial charge on any atom is 0.0336 e. The highest BCUT2D eigenvalue weighted by molar-refractivity contribution is 14.0. The number of dihydropyridines is 1. The minimum absolute atomic E-state index is 0. The van der Waals surface area contributed by atoms with Gasteiger partial charge in [0.15, 0.2) is 0 Å². The Bertz CT molecular complexity index is 156. The van der Waals surface area contributed by atoms with Crippen molar-refractivity contribution in [3.8, 4) is 0 Å². The summed E-state index contributed by atoms with van der Waals surface area (Å²) in [6, 6.07) is 0. The summed E-state index contributed by atoms with van der Waals surface area (Å²) in [6.07, 6.45) is 9.94. The Morgan fingerprint density at radius 2 is 2.22 bits per heavy atom. The van der Waals surface area contributed by atoms with Crippen molar-refractivity contribution >= 4 is 24.0 Å². The molecule has 0 saturated heterocycles. The van der Waals surface area contributed by atoms with Crippen molar-refractivity contribution < 1.29 is 0 Å². The lowest BCUT2D eigenvalue weighted by atomic mass is 10.3. The normalized spacial score (nSPS) is 19.0. The van der Waals surface area contributed by atoms with Gasteiger partial charge in [0.2, 0.25) is 0 Å². The molecule has 0 aromatic heterocycles. The molecule has 1 aliphatic rings. The number of rotatable bonds is 0. The van der Waals surface area contributed by atoms with Crippen LogP contribution in [0.5, 0.6) is 0 Å². The Hall–Kier alpha value is -0.250. The van der Waals surface area contributed by atoms with Crippen molar-refractivity contribution in [2.45, 2.75) is 6.92 Å². The molecule has 2 heteroatoms. The van der Waals surface area contributed by atoms with E-state index in [-0.39, 0.29) is 24.0 Å². The van der Waals surface area contributed by atoms with Crippen molar-refractivity contribution in [3.05, 3.63) is 36.2 Å². The third kappa shape index (κ3) is 2.70. The van der Waals surface area contributed by atoms with E-state index in [1.807, 2.05) is 37.4 Å². The smallest absolute Gasteiger partial charge is 0.0336 e. The molecule has 0 aliphatic carbocycles. The van der Waals surface area contributed by atoms with Gasteiger partial charge in [-0.2, -0.15) is 0 Å². The van der Waals surface area contributed by atoms with Crippen molar-refractivity contribution in [1.29, 1.82) is 0 Å². The second kappa shape index (κ2) is 4.61. The summed E-state index contributed by atoms with van der Waals surface area (Å²) in [5.74, 6) is 0. The quantitative estimate of drug-likeness (QED) is 0.634. The molecule has 0 aromatic rings. The standard InChI is InChI=1S/C7H9N.HI/c1-2-7-5-3-4-6-8-7;/h2-6,8H,1H3;1H. The molecule has 0 aromatic carbocycles. The van der Waals surface area contributed by atoms with E-state index in [0.29, 0.717) is 0 Å². The fourth-order valence-electron chi connectivity index (χ4n) is 0.587. The van der Waals surface area contributed by atoms with E-state index in [4.69, 9.17) is 0 Å². The highest BCUT2D eigenvalue weighted by Crippen LogP contribution is 1.95. The van der Waals surface area contributed by atoms with Gasteiger partial charge in [-0.05, 0) is 19.1 Å². The fraction of sp³-hybridized carbons (Fsp3) is 0.143. The van der Waals surface area contributed by atoms with Gasteiger partial charge in [-0.15, -0.1) is 24.0 Å². The zero-order valence-electron chi connectivity index (χ0n) is 5.29. The molecule has 1 N–H and O–H groups in total. The minimum Gasteiger partial charge on any atom is -0.362 e. The maximum absolute atomic E-state index is 3.06. The highest BCUT2D eigenvalue weighted by atomic mass is 127. The predicted octanol–water partition coefficient (Wildman–Crippen LogP) is 2.18. The molecule has 1 aliphatic heterocycles. The van der Waals surface area contributed by atoms with Crippen molar-refractivity contribution in [2.24, 2.45) is 0 Å². The van der Waals surface area contributed by atoms with Gasteiger partial charge in [0.25, 0.3) is 0 Å². The second-order valence-electron chi connectivity index (χ2n) is 1.61. The van der Waals surface area contributed by atoms with Gasteiger partial charge in [-0.1, -0.05) is 12.2 Å². The lowest BCUT2D eigenvalue weighted by Crippen LogP contribution is -2.03. The van der Waals surface area contributed by atoms with Gasteiger partial charge in [-0.25, -0.2) is 0 Å². The molecular formula is C7H10IN. The van der Waals surface area contributed by atoms with E-state index in [9.17, 15) is 0 Å². The number of allylic oxidation sites excluding steroid dienone is 4. The monoisotopic (exact) mass is 235 g/mol. The second-order valence-corrected chi connectivity index (χ2v) is 1.61. The fourth-order valence-corrected chi connectivity index (χ4v) is 0.587. The van der Waals surface area contributed by atoms with Crippen LogP contribution >= 0.6 is 24.0 Å². The molecule has 0 unspecified atom stereocenters. The summed E-state index contributed by atoms with van der Waals surface area (Å²) in [7, 11) is 0. The summed E-state index contributed by atoms with van der Waals surface area (Å²) in [4.78, 5) is 0. The van der Waals surface area contributed by atoms with Crippen LogP contribution in [0.25, 0.3) is 0 Å².